The molecule has 1 aliphatic heterocycles. The van der Waals surface area contributed by atoms with Gasteiger partial charge in [-0.15, -0.1) is 0 Å². The first-order valence-corrected chi connectivity index (χ1v) is 7.19. The van der Waals surface area contributed by atoms with Gasteiger partial charge >= 0.3 is 0 Å². The maximum atomic E-state index is 12.2. The van der Waals surface area contributed by atoms with Gasteiger partial charge in [0.1, 0.15) is 0 Å². The zero-order valence-corrected chi connectivity index (χ0v) is 12.8. The van der Waals surface area contributed by atoms with Crippen LogP contribution in [0.4, 0.5) is 0 Å². The molecule has 0 spiro atoms. The molecule has 1 aromatic carbocycles. The first-order chi connectivity index (χ1) is 10.0. The molecule has 1 saturated heterocycles. The van der Waals surface area contributed by atoms with Gasteiger partial charge in [0.25, 0.3) is 0 Å². The summed E-state index contributed by atoms with van der Waals surface area (Å²) in [4.78, 5) is 25.4. The van der Waals surface area contributed by atoms with Crippen LogP contribution in [0.3, 0.4) is 0 Å². The number of carbonyl (C=O) groups is 2. The Morgan fingerprint density at radius 2 is 1.95 bits per heavy atom. The molecule has 1 fully saturated rings. The number of nitrogens with zero attached hydrogens (tertiary/aromatic N) is 1. The number of benzene rings is 1. The molecule has 0 aliphatic carbocycles. The molecule has 5 heteroatoms. The lowest BCUT2D eigenvalue weighted by Crippen LogP contribution is -2.41. The Kier molecular flexibility index (Phi) is 5.09. The van der Waals surface area contributed by atoms with Crippen molar-refractivity contribution in [3.8, 4) is 0 Å². The highest BCUT2D eigenvalue weighted by Crippen LogP contribution is 2.17. The van der Waals surface area contributed by atoms with Gasteiger partial charge in [0, 0.05) is 19.7 Å². The zero-order chi connectivity index (χ0) is 15.4. The summed E-state index contributed by atoms with van der Waals surface area (Å²) >= 11 is 0. The first-order valence-electron chi connectivity index (χ1n) is 7.19. The summed E-state index contributed by atoms with van der Waals surface area (Å²) in [7, 11) is 1.66. The van der Waals surface area contributed by atoms with Crippen molar-refractivity contribution in [2.75, 3.05) is 7.11 Å². The summed E-state index contributed by atoms with van der Waals surface area (Å²) in [6.07, 6.45) is 0.240. The predicted molar refractivity (Wildman–Crippen MR) is 79.4 cm³/mol. The third-order valence-corrected chi connectivity index (χ3v) is 3.66. The van der Waals surface area contributed by atoms with Crippen LogP contribution in [0.1, 0.15) is 31.4 Å². The lowest BCUT2D eigenvalue weighted by molar-refractivity contribution is -0.140. The van der Waals surface area contributed by atoms with Gasteiger partial charge in [0.2, 0.25) is 11.8 Å². The fourth-order valence-electron chi connectivity index (χ4n) is 2.61. The Morgan fingerprint density at radius 3 is 2.52 bits per heavy atom. The topological polar surface area (TPSA) is 58.6 Å². The van der Waals surface area contributed by atoms with Crippen molar-refractivity contribution in [3.05, 3.63) is 35.4 Å². The highest BCUT2D eigenvalue weighted by atomic mass is 16.5. The van der Waals surface area contributed by atoms with E-state index in [-0.39, 0.29) is 24.3 Å². The van der Waals surface area contributed by atoms with Crippen LogP contribution in [-0.2, 0) is 27.5 Å². The van der Waals surface area contributed by atoms with Crippen molar-refractivity contribution in [2.45, 2.75) is 45.5 Å². The van der Waals surface area contributed by atoms with Crippen molar-refractivity contribution >= 4 is 11.8 Å². The highest BCUT2D eigenvalue weighted by Gasteiger charge is 2.39. The third-order valence-electron chi connectivity index (χ3n) is 3.66. The van der Waals surface area contributed by atoms with E-state index in [1.807, 2.05) is 38.1 Å². The number of rotatable bonds is 6. The van der Waals surface area contributed by atoms with E-state index in [9.17, 15) is 9.59 Å². The number of hydrogen-bond donors (Lipinski definition) is 1. The van der Waals surface area contributed by atoms with Gasteiger partial charge in [-0.2, -0.15) is 0 Å². The largest absolute Gasteiger partial charge is 0.380 e. The summed E-state index contributed by atoms with van der Waals surface area (Å²) < 4.78 is 5.17. The lowest BCUT2D eigenvalue weighted by atomic mass is 10.1. The summed E-state index contributed by atoms with van der Waals surface area (Å²) in [5, 5.41) is 3.19. The number of likely N-dealkylation sites (tertiary alicyclic amines) is 1. The van der Waals surface area contributed by atoms with Gasteiger partial charge in [0.15, 0.2) is 0 Å². The smallest absolute Gasteiger partial charge is 0.247 e. The molecule has 21 heavy (non-hydrogen) atoms. The van der Waals surface area contributed by atoms with E-state index in [0.29, 0.717) is 13.2 Å². The third kappa shape index (κ3) is 3.49. The van der Waals surface area contributed by atoms with E-state index in [2.05, 4.69) is 5.32 Å². The summed E-state index contributed by atoms with van der Waals surface area (Å²) in [6, 6.07) is 7.42. The Balaban J connectivity index is 2.01. The number of carbonyl (C=O) groups excluding carboxylic acids is 2. The maximum absolute atomic E-state index is 12.2. The molecule has 0 saturated carbocycles. The molecular formula is C16H22N2O3. The van der Waals surface area contributed by atoms with Crippen molar-refractivity contribution in [2.24, 2.45) is 0 Å². The molecule has 1 atom stereocenters. The van der Waals surface area contributed by atoms with Crippen LogP contribution in [0.25, 0.3) is 0 Å². The van der Waals surface area contributed by atoms with Gasteiger partial charge < -0.3 is 10.1 Å². The van der Waals surface area contributed by atoms with E-state index < -0.39 is 6.04 Å². The number of nitrogens with one attached hydrogen (secondary N) is 1. The molecule has 0 bridgehead atoms. The fourth-order valence-corrected chi connectivity index (χ4v) is 2.61. The molecule has 0 radical (unpaired) electrons. The average Bonchev–Trinajstić information content (AvgIpc) is 2.73. The molecule has 1 aromatic rings. The Hall–Kier alpha value is -1.72. The fraction of sp³-hybridized carbons (Fsp3) is 0.500. The summed E-state index contributed by atoms with van der Waals surface area (Å²) in [5.74, 6) is -0.225. The van der Waals surface area contributed by atoms with E-state index in [4.69, 9.17) is 4.74 Å². The lowest BCUT2D eigenvalue weighted by Gasteiger charge is -2.19. The Labute approximate surface area is 125 Å². The van der Waals surface area contributed by atoms with Crippen LogP contribution in [0.15, 0.2) is 24.3 Å². The molecular weight excluding hydrogens is 268 g/mol. The van der Waals surface area contributed by atoms with Crippen LogP contribution < -0.4 is 5.32 Å². The normalized spacial score (nSPS) is 18.9. The van der Waals surface area contributed by atoms with Gasteiger partial charge in [-0.25, -0.2) is 0 Å². The van der Waals surface area contributed by atoms with Crippen molar-refractivity contribution in [1.29, 1.82) is 0 Å². The molecule has 0 aromatic heterocycles. The molecule has 2 amide bonds. The molecule has 114 valence electrons. The molecule has 1 aliphatic rings. The van der Waals surface area contributed by atoms with Crippen molar-refractivity contribution in [1.82, 2.24) is 10.2 Å². The Morgan fingerprint density at radius 1 is 1.29 bits per heavy atom. The van der Waals surface area contributed by atoms with E-state index in [1.165, 1.54) is 4.90 Å². The number of hydrogen-bond acceptors (Lipinski definition) is 4. The van der Waals surface area contributed by atoms with Crippen molar-refractivity contribution < 1.29 is 14.3 Å². The second-order valence-corrected chi connectivity index (χ2v) is 5.54. The van der Waals surface area contributed by atoms with Crippen LogP contribution in [0.2, 0.25) is 0 Å². The predicted octanol–water partition coefficient (Wildman–Crippen LogP) is 1.46. The second-order valence-electron chi connectivity index (χ2n) is 5.54. The van der Waals surface area contributed by atoms with E-state index in [0.717, 1.165) is 11.1 Å². The van der Waals surface area contributed by atoms with Gasteiger partial charge in [-0.1, -0.05) is 24.3 Å². The SMILES string of the molecule is COCc1ccccc1CNC1CC(=O)N(C(C)C)C1=O. The van der Waals surface area contributed by atoms with Gasteiger partial charge in [-0.3, -0.25) is 14.5 Å². The van der Waals surface area contributed by atoms with Crippen LogP contribution in [-0.4, -0.2) is 35.9 Å². The minimum absolute atomic E-state index is 0.0856. The number of amides is 2. The zero-order valence-electron chi connectivity index (χ0n) is 12.8. The van der Waals surface area contributed by atoms with E-state index in [1.54, 1.807) is 7.11 Å². The van der Waals surface area contributed by atoms with Crippen molar-refractivity contribution in [3.63, 3.8) is 0 Å². The average molecular weight is 290 g/mol. The molecule has 1 N–H and O–H groups in total. The van der Waals surface area contributed by atoms with Crippen LogP contribution >= 0.6 is 0 Å². The number of methoxy groups -OCH3 is 1. The summed E-state index contributed by atoms with van der Waals surface area (Å²) in [6.45, 7) is 4.79. The molecule has 2 rings (SSSR count). The second kappa shape index (κ2) is 6.83. The van der Waals surface area contributed by atoms with E-state index >= 15 is 0 Å². The minimum Gasteiger partial charge on any atom is -0.380 e. The minimum atomic E-state index is -0.421. The van der Waals surface area contributed by atoms with Gasteiger partial charge in [-0.05, 0) is 25.0 Å². The number of ether oxygens (including phenoxy) is 1. The quantitative estimate of drug-likeness (QED) is 0.806. The molecule has 1 unspecified atom stereocenters. The van der Waals surface area contributed by atoms with Crippen LogP contribution in [0.5, 0.6) is 0 Å². The maximum Gasteiger partial charge on any atom is 0.247 e. The monoisotopic (exact) mass is 290 g/mol. The molecule has 5 nitrogen and oxygen atoms in total. The Bertz CT molecular complexity index is 528. The summed E-state index contributed by atoms with van der Waals surface area (Å²) in [5.41, 5.74) is 2.17. The highest BCUT2D eigenvalue weighted by molar-refractivity contribution is 6.05. The number of imide groups is 1. The standard InChI is InChI=1S/C16H22N2O3/c1-11(2)18-15(19)8-14(16(18)20)17-9-12-6-4-5-7-13(12)10-21-3/h4-7,11,14,17H,8-10H2,1-3H3. The first kappa shape index (κ1) is 15.7. The van der Waals surface area contributed by atoms with Gasteiger partial charge in [0.05, 0.1) is 19.1 Å². The molecule has 1 heterocycles. The van der Waals surface area contributed by atoms with Crippen LogP contribution in [0, 0.1) is 0 Å².